The number of carbonyl (C=O) groups excluding carboxylic acids is 2. The lowest BCUT2D eigenvalue weighted by molar-refractivity contribution is -0.135. The van der Waals surface area contributed by atoms with Crippen LogP contribution < -0.4 is 9.47 Å². The minimum absolute atomic E-state index is 0.0471. The first-order chi connectivity index (χ1) is 17.5. The van der Waals surface area contributed by atoms with Gasteiger partial charge in [0, 0.05) is 18.0 Å². The molecular weight excluding hydrogens is 472 g/mol. The summed E-state index contributed by atoms with van der Waals surface area (Å²) in [5, 5.41) is 2.09. The first-order valence-corrected chi connectivity index (χ1v) is 13.4. The molecule has 2 aliphatic rings. The molecule has 36 heavy (non-hydrogen) atoms. The smallest absolute Gasteiger partial charge is 0.258 e. The molecule has 1 aliphatic heterocycles. The predicted octanol–water partition coefficient (Wildman–Crippen LogP) is 5.12. The molecule has 2 heterocycles. The van der Waals surface area contributed by atoms with Crippen LogP contribution in [0.3, 0.4) is 0 Å². The number of methoxy groups -OCH3 is 1. The van der Waals surface area contributed by atoms with Gasteiger partial charge in [-0.05, 0) is 72.9 Å². The molecule has 1 fully saturated rings. The number of rotatable bonds is 9. The van der Waals surface area contributed by atoms with Crippen LogP contribution in [-0.4, -0.2) is 55.0 Å². The number of nitrogens with zero attached hydrogens (tertiary/aromatic N) is 2. The van der Waals surface area contributed by atoms with E-state index < -0.39 is 0 Å². The average Bonchev–Trinajstić information content (AvgIpc) is 3.59. The number of benzene rings is 2. The van der Waals surface area contributed by atoms with Gasteiger partial charge in [-0.2, -0.15) is 0 Å². The molecule has 5 rings (SSSR count). The highest BCUT2D eigenvalue weighted by atomic mass is 32.1. The number of thiophene rings is 1. The van der Waals surface area contributed by atoms with Gasteiger partial charge in [-0.3, -0.25) is 9.59 Å². The normalized spacial score (nSPS) is 16.8. The highest BCUT2D eigenvalue weighted by molar-refractivity contribution is 7.10. The number of hydrogen-bond acceptors (Lipinski definition) is 5. The van der Waals surface area contributed by atoms with Gasteiger partial charge >= 0.3 is 0 Å². The van der Waals surface area contributed by atoms with E-state index in [2.05, 4.69) is 11.4 Å². The SMILES string of the molecule is COc1ccccc1C(=O)N(CC(=O)N1CCc2sccc2C1COc1ccccc1C)CC1CC1. The molecule has 1 aliphatic carbocycles. The Bertz CT molecular complexity index is 1240. The van der Waals surface area contributed by atoms with Crippen molar-refractivity contribution in [3.05, 3.63) is 81.5 Å². The van der Waals surface area contributed by atoms with Crippen molar-refractivity contribution in [3.8, 4) is 11.5 Å². The highest BCUT2D eigenvalue weighted by Gasteiger charge is 2.35. The van der Waals surface area contributed by atoms with Gasteiger partial charge in [-0.1, -0.05) is 30.3 Å². The lowest BCUT2D eigenvalue weighted by Gasteiger charge is -2.37. The number of para-hydroxylation sites is 2. The third-order valence-electron chi connectivity index (χ3n) is 7.03. The van der Waals surface area contributed by atoms with Crippen molar-refractivity contribution in [1.29, 1.82) is 0 Å². The van der Waals surface area contributed by atoms with E-state index in [-0.39, 0.29) is 24.4 Å². The number of carbonyl (C=O) groups is 2. The van der Waals surface area contributed by atoms with Crippen molar-refractivity contribution in [2.24, 2.45) is 5.92 Å². The molecule has 1 atom stereocenters. The van der Waals surface area contributed by atoms with Crippen LogP contribution in [0.25, 0.3) is 0 Å². The van der Waals surface area contributed by atoms with Crippen molar-refractivity contribution in [3.63, 3.8) is 0 Å². The van der Waals surface area contributed by atoms with Crippen LogP contribution in [0.1, 0.15) is 45.2 Å². The summed E-state index contributed by atoms with van der Waals surface area (Å²) >= 11 is 1.73. The van der Waals surface area contributed by atoms with E-state index in [4.69, 9.17) is 9.47 Å². The average molecular weight is 505 g/mol. The Morgan fingerprint density at radius 1 is 1.06 bits per heavy atom. The first-order valence-electron chi connectivity index (χ1n) is 12.5. The molecule has 2 aromatic carbocycles. The summed E-state index contributed by atoms with van der Waals surface area (Å²) in [4.78, 5) is 32.2. The second-order valence-electron chi connectivity index (χ2n) is 9.56. The van der Waals surface area contributed by atoms with E-state index in [9.17, 15) is 9.59 Å². The highest BCUT2D eigenvalue weighted by Crippen LogP contribution is 2.35. The molecule has 1 aromatic heterocycles. The quantitative estimate of drug-likeness (QED) is 0.406. The lowest BCUT2D eigenvalue weighted by Crippen LogP contribution is -2.48. The van der Waals surface area contributed by atoms with Crippen LogP contribution in [0.15, 0.2) is 60.0 Å². The molecular formula is C29H32N2O4S. The summed E-state index contributed by atoms with van der Waals surface area (Å²) in [6, 6.07) is 17.1. The third kappa shape index (κ3) is 5.26. The molecule has 0 bridgehead atoms. The summed E-state index contributed by atoms with van der Waals surface area (Å²) in [6.45, 7) is 3.66. The minimum Gasteiger partial charge on any atom is -0.496 e. The van der Waals surface area contributed by atoms with Gasteiger partial charge in [0.15, 0.2) is 0 Å². The fraction of sp³-hybridized carbons (Fsp3) is 0.379. The maximum absolute atomic E-state index is 13.8. The zero-order valence-electron chi connectivity index (χ0n) is 20.8. The zero-order chi connectivity index (χ0) is 25.1. The molecule has 0 saturated heterocycles. The van der Waals surface area contributed by atoms with E-state index in [1.165, 1.54) is 4.88 Å². The Morgan fingerprint density at radius 3 is 2.56 bits per heavy atom. The number of fused-ring (bicyclic) bond motifs is 1. The minimum atomic E-state index is -0.184. The topological polar surface area (TPSA) is 59.1 Å². The zero-order valence-corrected chi connectivity index (χ0v) is 21.6. The number of ether oxygens (including phenoxy) is 2. The molecule has 3 aromatic rings. The molecule has 0 spiro atoms. The fourth-order valence-electron chi connectivity index (χ4n) is 4.84. The van der Waals surface area contributed by atoms with Crippen molar-refractivity contribution < 1.29 is 19.1 Å². The maximum Gasteiger partial charge on any atom is 0.258 e. The van der Waals surface area contributed by atoms with Gasteiger partial charge < -0.3 is 19.3 Å². The van der Waals surface area contributed by atoms with Crippen molar-refractivity contribution in [2.45, 2.75) is 32.2 Å². The van der Waals surface area contributed by atoms with E-state index in [0.717, 1.165) is 36.1 Å². The van der Waals surface area contributed by atoms with Gasteiger partial charge in [-0.25, -0.2) is 0 Å². The second kappa shape index (κ2) is 10.7. The molecule has 2 amide bonds. The Morgan fingerprint density at radius 2 is 1.81 bits per heavy atom. The fourth-order valence-corrected chi connectivity index (χ4v) is 5.77. The Kier molecular flexibility index (Phi) is 7.28. The van der Waals surface area contributed by atoms with E-state index in [1.54, 1.807) is 35.5 Å². The van der Waals surface area contributed by atoms with Crippen LogP contribution in [-0.2, 0) is 11.2 Å². The maximum atomic E-state index is 13.8. The van der Waals surface area contributed by atoms with Crippen molar-refractivity contribution in [2.75, 3.05) is 33.4 Å². The molecule has 1 saturated carbocycles. The molecule has 0 N–H and O–H groups in total. The number of hydrogen-bond donors (Lipinski definition) is 0. The van der Waals surface area contributed by atoms with E-state index >= 15 is 0 Å². The Hall–Kier alpha value is -3.32. The van der Waals surface area contributed by atoms with Gasteiger partial charge in [0.2, 0.25) is 5.91 Å². The van der Waals surface area contributed by atoms with Gasteiger partial charge in [0.1, 0.15) is 24.7 Å². The van der Waals surface area contributed by atoms with Crippen molar-refractivity contribution in [1.82, 2.24) is 9.80 Å². The van der Waals surface area contributed by atoms with Crippen LogP contribution >= 0.6 is 11.3 Å². The summed E-state index contributed by atoms with van der Waals surface area (Å²) in [5.41, 5.74) is 2.71. The molecule has 0 radical (unpaired) electrons. The standard InChI is InChI=1S/C29H32N2O4S/c1-20-7-3-5-9-25(20)35-19-24-22-14-16-36-27(22)13-15-31(24)28(32)18-30(17-21-11-12-21)29(33)23-8-4-6-10-26(23)34-2/h3-10,14,16,21,24H,11-13,15,17-19H2,1-2H3. The largest absolute Gasteiger partial charge is 0.496 e. The van der Waals surface area contributed by atoms with E-state index in [1.807, 2.05) is 48.2 Å². The molecule has 188 valence electrons. The number of aryl methyl sites for hydroxylation is 1. The van der Waals surface area contributed by atoms with Crippen molar-refractivity contribution >= 4 is 23.2 Å². The summed E-state index contributed by atoms with van der Waals surface area (Å²) in [7, 11) is 1.56. The Balaban J connectivity index is 1.36. The second-order valence-corrected chi connectivity index (χ2v) is 10.6. The molecule has 7 heteroatoms. The molecule has 1 unspecified atom stereocenters. The van der Waals surface area contributed by atoms with Gasteiger partial charge in [0.25, 0.3) is 5.91 Å². The van der Waals surface area contributed by atoms with Crippen LogP contribution in [0.4, 0.5) is 0 Å². The summed E-state index contributed by atoms with van der Waals surface area (Å²) in [6.07, 6.45) is 3.01. The Labute approximate surface area is 216 Å². The first kappa shape index (κ1) is 24.4. The monoisotopic (exact) mass is 504 g/mol. The number of amides is 2. The summed E-state index contributed by atoms with van der Waals surface area (Å²) < 4.78 is 11.7. The van der Waals surface area contributed by atoms with E-state index in [0.29, 0.717) is 36.9 Å². The summed E-state index contributed by atoms with van der Waals surface area (Å²) in [5.74, 6) is 1.61. The van der Waals surface area contributed by atoms with Crippen LogP contribution in [0.2, 0.25) is 0 Å². The third-order valence-corrected chi connectivity index (χ3v) is 8.03. The van der Waals surface area contributed by atoms with Gasteiger partial charge in [-0.15, -0.1) is 11.3 Å². The van der Waals surface area contributed by atoms with Crippen LogP contribution in [0.5, 0.6) is 11.5 Å². The lowest BCUT2D eigenvalue weighted by atomic mass is 10.00. The van der Waals surface area contributed by atoms with Gasteiger partial charge in [0.05, 0.1) is 18.7 Å². The van der Waals surface area contributed by atoms with Crippen LogP contribution in [0, 0.1) is 12.8 Å². The predicted molar refractivity (Wildman–Crippen MR) is 141 cm³/mol. The molecule has 6 nitrogen and oxygen atoms in total.